The summed E-state index contributed by atoms with van der Waals surface area (Å²) in [6, 6.07) is 6.76. The molecule has 3 rings (SSSR count). The van der Waals surface area contributed by atoms with Gasteiger partial charge in [0, 0.05) is 6.42 Å². The molecular formula is C16H19ClN2O2. The maximum atomic E-state index is 11.9. The smallest absolute Gasteiger partial charge is 0.271 e. The van der Waals surface area contributed by atoms with Crippen molar-refractivity contribution in [3.05, 3.63) is 34.9 Å². The molecule has 2 N–H and O–H groups in total. The van der Waals surface area contributed by atoms with Crippen molar-refractivity contribution in [3.63, 3.8) is 0 Å². The van der Waals surface area contributed by atoms with E-state index in [9.17, 15) is 9.59 Å². The Kier molecular flexibility index (Phi) is 4.15. The monoisotopic (exact) mass is 306 g/mol. The summed E-state index contributed by atoms with van der Waals surface area (Å²) >= 11 is 5.94. The largest absolute Gasteiger partial charge is 0.273 e. The highest BCUT2D eigenvalue weighted by atomic mass is 35.5. The van der Waals surface area contributed by atoms with E-state index in [2.05, 4.69) is 10.9 Å². The first-order chi connectivity index (χ1) is 10.1. The molecule has 0 heterocycles. The number of nitrogens with one attached hydrogen (secondary N) is 2. The number of halogens is 1. The zero-order chi connectivity index (χ0) is 14.8. The Hall–Kier alpha value is -1.55. The van der Waals surface area contributed by atoms with Gasteiger partial charge in [0.25, 0.3) is 5.91 Å². The Bertz CT molecular complexity index is 561. The summed E-state index contributed by atoms with van der Waals surface area (Å²) in [5, 5.41) is 0.373. The Morgan fingerprint density at radius 1 is 1.14 bits per heavy atom. The summed E-state index contributed by atoms with van der Waals surface area (Å²) in [4.78, 5) is 23.9. The first-order valence-corrected chi connectivity index (χ1v) is 7.85. The summed E-state index contributed by atoms with van der Waals surface area (Å²) in [7, 11) is 0. The van der Waals surface area contributed by atoms with E-state index in [1.165, 1.54) is 19.3 Å². The summed E-state index contributed by atoms with van der Waals surface area (Å²) in [6.45, 7) is 0. The first-order valence-electron chi connectivity index (χ1n) is 7.47. The van der Waals surface area contributed by atoms with E-state index in [4.69, 9.17) is 11.6 Å². The number of carbonyl (C=O) groups is 2. The van der Waals surface area contributed by atoms with E-state index in [-0.39, 0.29) is 11.8 Å². The number of fused-ring (bicyclic) bond motifs is 2. The van der Waals surface area contributed by atoms with Crippen molar-refractivity contribution in [2.24, 2.45) is 17.8 Å². The molecule has 2 fully saturated rings. The lowest BCUT2D eigenvalue weighted by atomic mass is 9.86. The van der Waals surface area contributed by atoms with Crippen LogP contribution in [0.15, 0.2) is 24.3 Å². The van der Waals surface area contributed by atoms with Crippen LogP contribution in [0.2, 0.25) is 5.02 Å². The van der Waals surface area contributed by atoms with Crippen molar-refractivity contribution >= 4 is 23.4 Å². The van der Waals surface area contributed by atoms with Gasteiger partial charge in [-0.2, -0.15) is 0 Å². The molecule has 2 saturated carbocycles. The molecule has 4 nitrogen and oxygen atoms in total. The van der Waals surface area contributed by atoms with Gasteiger partial charge in [0.15, 0.2) is 0 Å². The van der Waals surface area contributed by atoms with E-state index >= 15 is 0 Å². The molecular weight excluding hydrogens is 288 g/mol. The molecule has 0 radical (unpaired) electrons. The topological polar surface area (TPSA) is 58.2 Å². The van der Waals surface area contributed by atoms with Gasteiger partial charge in [0.2, 0.25) is 5.91 Å². The van der Waals surface area contributed by atoms with Gasteiger partial charge in [-0.15, -0.1) is 0 Å². The summed E-state index contributed by atoms with van der Waals surface area (Å²) < 4.78 is 0. The molecule has 21 heavy (non-hydrogen) atoms. The molecule has 0 aromatic heterocycles. The summed E-state index contributed by atoms with van der Waals surface area (Å²) in [6.07, 6.45) is 5.53. The van der Waals surface area contributed by atoms with Crippen LogP contribution in [-0.4, -0.2) is 11.8 Å². The first kappa shape index (κ1) is 14.4. The fourth-order valence-electron chi connectivity index (χ4n) is 3.75. The molecule has 112 valence electrons. The third kappa shape index (κ3) is 3.21. The molecule has 0 saturated heterocycles. The average Bonchev–Trinajstić information content (AvgIpc) is 3.08. The summed E-state index contributed by atoms with van der Waals surface area (Å²) in [5.41, 5.74) is 5.29. The van der Waals surface area contributed by atoms with Crippen molar-refractivity contribution in [2.45, 2.75) is 32.1 Å². The number of carbonyl (C=O) groups excluding carboxylic acids is 2. The molecule has 2 aliphatic rings. The summed E-state index contributed by atoms with van der Waals surface area (Å²) in [5.74, 6) is 1.52. The number of benzene rings is 1. The second kappa shape index (κ2) is 6.06. The van der Waals surface area contributed by atoms with Crippen molar-refractivity contribution in [1.82, 2.24) is 10.9 Å². The molecule has 1 aromatic carbocycles. The van der Waals surface area contributed by atoms with Crippen LogP contribution >= 0.6 is 11.6 Å². The van der Waals surface area contributed by atoms with Gasteiger partial charge in [-0.25, -0.2) is 0 Å². The second-order valence-corrected chi connectivity index (χ2v) is 6.53. The van der Waals surface area contributed by atoms with Gasteiger partial charge in [-0.05, 0) is 49.1 Å². The van der Waals surface area contributed by atoms with Crippen molar-refractivity contribution in [1.29, 1.82) is 0 Å². The fourth-order valence-corrected chi connectivity index (χ4v) is 3.98. The minimum absolute atomic E-state index is 0.118. The molecule has 0 aliphatic heterocycles. The van der Waals surface area contributed by atoms with Crippen LogP contribution in [0.5, 0.6) is 0 Å². The van der Waals surface area contributed by atoms with E-state index < -0.39 is 0 Å². The lowest BCUT2D eigenvalue weighted by Gasteiger charge is -2.20. The molecule has 2 aliphatic carbocycles. The highest BCUT2D eigenvalue weighted by Crippen LogP contribution is 2.49. The Balaban J connectivity index is 1.48. The molecule has 3 atom stereocenters. The third-order valence-electron chi connectivity index (χ3n) is 4.77. The minimum atomic E-state index is -0.387. The number of hydrogen-bond donors (Lipinski definition) is 2. The van der Waals surface area contributed by atoms with Gasteiger partial charge >= 0.3 is 0 Å². The molecule has 2 bridgehead atoms. The third-order valence-corrected chi connectivity index (χ3v) is 5.10. The molecule has 2 amide bonds. The SMILES string of the molecule is O=C(C[C@H]1C[C@@H]2CC[C@@H]1C2)NNC(=O)c1ccccc1Cl. The Labute approximate surface area is 129 Å². The zero-order valence-electron chi connectivity index (χ0n) is 11.8. The van der Waals surface area contributed by atoms with Gasteiger partial charge in [0.1, 0.15) is 0 Å². The van der Waals surface area contributed by atoms with Crippen LogP contribution in [-0.2, 0) is 4.79 Å². The number of rotatable bonds is 3. The molecule has 1 aromatic rings. The van der Waals surface area contributed by atoms with Crippen LogP contribution in [0, 0.1) is 17.8 Å². The van der Waals surface area contributed by atoms with Crippen molar-refractivity contribution in [3.8, 4) is 0 Å². The van der Waals surface area contributed by atoms with Gasteiger partial charge in [-0.3, -0.25) is 20.4 Å². The van der Waals surface area contributed by atoms with Gasteiger partial charge in [-0.1, -0.05) is 30.2 Å². The number of hydrogen-bond acceptors (Lipinski definition) is 2. The number of hydrazine groups is 1. The van der Waals surface area contributed by atoms with Crippen LogP contribution < -0.4 is 10.9 Å². The van der Waals surface area contributed by atoms with Crippen LogP contribution in [0.25, 0.3) is 0 Å². The number of amides is 2. The lowest BCUT2D eigenvalue weighted by molar-refractivity contribution is -0.123. The Morgan fingerprint density at radius 2 is 1.95 bits per heavy atom. The molecule has 0 spiro atoms. The van der Waals surface area contributed by atoms with E-state index in [1.54, 1.807) is 24.3 Å². The average molecular weight is 307 g/mol. The molecule has 0 unspecified atom stereocenters. The fraction of sp³-hybridized carbons (Fsp3) is 0.500. The Morgan fingerprint density at radius 3 is 2.62 bits per heavy atom. The van der Waals surface area contributed by atoms with Gasteiger partial charge < -0.3 is 0 Å². The van der Waals surface area contributed by atoms with E-state index in [0.29, 0.717) is 28.8 Å². The standard InChI is InChI=1S/C16H19ClN2O2/c17-14-4-2-1-3-13(14)16(21)19-18-15(20)9-12-8-10-5-6-11(12)7-10/h1-4,10-12H,5-9H2,(H,18,20)(H,19,21)/t10-,11-,12-/m1/s1. The van der Waals surface area contributed by atoms with Crippen LogP contribution in [0.4, 0.5) is 0 Å². The highest BCUT2D eigenvalue weighted by molar-refractivity contribution is 6.33. The van der Waals surface area contributed by atoms with Gasteiger partial charge in [0.05, 0.1) is 10.6 Å². The van der Waals surface area contributed by atoms with Crippen LogP contribution in [0.3, 0.4) is 0 Å². The normalized spacial score (nSPS) is 26.6. The maximum absolute atomic E-state index is 11.9. The van der Waals surface area contributed by atoms with E-state index in [1.807, 2.05) is 0 Å². The highest BCUT2D eigenvalue weighted by Gasteiger charge is 2.40. The predicted octanol–water partition coefficient (Wildman–Crippen LogP) is 2.93. The van der Waals surface area contributed by atoms with Crippen molar-refractivity contribution in [2.75, 3.05) is 0 Å². The quantitative estimate of drug-likeness (QED) is 0.844. The minimum Gasteiger partial charge on any atom is -0.273 e. The maximum Gasteiger partial charge on any atom is 0.271 e. The van der Waals surface area contributed by atoms with E-state index in [0.717, 1.165) is 12.3 Å². The lowest BCUT2D eigenvalue weighted by Crippen LogP contribution is -2.42. The zero-order valence-corrected chi connectivity index (χ0v) is 12.5. The molecule has 5 heteroatoms. The second-order valence-electron chi connectivity index (χ2n) is 6.12. The van der Waals surface area contributed by atoms with Crippen molar-refractivity contribution < 1.29 is 9.59 Å². The predicted molar refractivity (Wildman–Crippen MR) is 80.6 cm³/mol. The van der Waals surface area contributed by atoms with Crippen LogP contribution in [0.1, 0.15) is 42.5 Å².